The molecule has 0 unspecified atom stereocenters. The first kappa shape index (κ1) is 12.6. The fourth-order valence-corrected chi connectivity index (χ4v) is 3.61. The molecule has 108 valence electrons. The molecule has 23 heavy (non-hydrogen) atoms. The first-order valence-corrected chi connectivity index (χ1v) is 7.91. The summed E-state index contributed by atoms with van der Waals surface area (Å²) in [5, 5.41) is 8.86. The third-order valence-corrected chi connectivity index (χ3v) is 4.68. The summed E-state index contributed by atoms with van der Waals surface area (Å²) >= 11 is 0. The van der Waals surface area contributed by atoms with Crippen molar-refractivity contribution in [2.75, 3.05) is 0 Å². The van der Waals surface area contributed by atoms with Gasteiger partial charge in [0.1, 0.15) is 0 Å². The molecule has 1 heteroatoms. The Morgan fingerprint density at radius 2 is 1.30 bits per heavy atom. The van der Waals surface area contributed by atoms with Gasteiger partial charge in [-0.1, -0.05) is 60.7 Å². The van der Waals surface area contributed by atoms with Gasteiger partial charge < -0.3 is 0 Å². The van der Waals surface area contributed by atoms with Gasteiger partial charge in [-0.2, -0.15) is 0 Å². The highest BCUT2D eigenvalue weighted by molar-refractivity contribution is 6.26. The maximum Gasteiger partial charge on any atom is 0.0786 e. The minimum Gasteiger partial charge on any atom is -0.255 e. The van der Waals surface area contributed by atoms with E-state index in [0.717, 1.165) is 5.52 Å². The molecule has 0 fully saturated rings. The van der Waals surface area contributed by atoms with Crippen LogP contribution >= 0.6 is 0 Å². The fourth-order valence-electron chi connectivity index (χ4n) is 3.61. The van der Waals surface area contributed by atoms with E-state index in [1.807, 2.05) is 6.20 Å². The Bertz CT molecular complexity index is 1210. The van der Waals surface area contributed by atoms with Crippen molar-refractivity contribution in [2.45, 2.75) is 6.92 Å². The summed E-state index contributed by atoms with van der Waals surface area (Å²) < 4.78 is 0. The van der Waals surface area contributed by atoms with Crippen LogP contribution in [0.3, 0.4) is 0 Å². The van der Waals surface area contributed by atoms with E-state index in [1.54, 1.807) is 0 Å². The number of pyridine rings is 1. The Labute approximate surface area is 134 Å². The highest BCUT2D eigenvalue weighted by atomic mass is 14.7. The SMILES string of the molecule is Cc1cnc2c(ccc3ccc4ccc5ccccc5c4c32)c1. The first-order chi connectivity index (χ1) is 11.3. The smallest absolute Gasteiger partial charge is 0.0786 e. The van der Waals surface area contributed by atoms with Gasteiger partial charge in [0.15, 0.2) is 0 Å². The standard InChI is InChI=1S/C22H15N/c1-14-12-18-11-10-17-9-8-16-7-6-15-4-2-3-5-19(15)20(16)21(17)22(18)23-13-14/h2-13H,1H3. The lowest BCUT2D eigenvalue weighted by Gasteiger charge is -2.10. The van der Waals surface area contributed by atoms with Crippen molar-refractivity contribution in [1.29, 1.82) is 0 Å². The lowest BCUT2D eigenvalue weighted by molar-refractivity contribution is 1.34. The Morgan fingerprint density at radius 3 is 2.13 bits per heavy atom. The topological polar surface area (TPSA) is 12.9 Å². The van der Waals surface area contributed by atoms with Crippen LogP contribution in [0.1, 0.15) is 5.56 Å². The molecule has 0 amide bonds. The molecule has 0 saturated carbocycles. The molecule has 0 spiro atoms. The predicted octanol–water partition coefficient (Wildman–Crippen LogP) is 6.00. The molecule has 1 nitrogen and oxygen atoms in total. The summed E-state index contributed by atoms with van der Waals surface area (Å²) in [4.78, 5) is 4.77. The average molecular weight is 293 g/mol. The normalized spacial score (nSPS) is 11.7. The summed E-state index contributed by atoms with van der Waals surface area (Å²) in [5.41, 5.74) is 2.29. The fraction of sp³-hybridized carbons (Fsp3) is 0.0455. The third-order valence-electron chi connectivity index (χ3n) is 4.68. The molecule has 5 aromatic rings. The van der Waals surface area contributed by atoms with Gasteiger partial charge in [-0.05, 0) is 45.5 Å². The molecule has 1 aromatic heterocycles. The average Bonchev–Trinajstić information content (AvgIpc) is 2.60. The Hall–Kier alpha value is -2.93. The molecular formula is C22H15N. The van der Waals surface area contributed by atoms with E-state index in [-0.39, 0.29) is 0 Å². The van der Waals surface area contributed by atoms with Gasteiger partial charge in [0.2, 0.25) is 0 Å². The van der Waals surface area contributed by atoms with E-state index in [0.29, 0.717) is 0 Å². The van der Waals surface area contributed by atoms with Crippen LogP contribution in [0.4, 0.5) is 0 Å². The summed E-state index contributed by atoms with van der Waals surface area (Å²) in [6.07, 6.45) is 1.96. The van der Waals surface area contributed by atoms with Crippen LogP contribution in [-0.4, -0.2) is 4.98 Å². The number of hydrogen-bond acceptors (Lipinski definition) is 1. The lowest BCUT2D eigenvalue weighted by atomic mass is 9.94. The quantitative estimate of drug-likeness (QED) is 0.319. The minimum absolute atomic E-state index is 1.09. The molecule has 0 saturated heterocycles. The van der Waals surface area contributed by atoms with Crippen LogP contribution in [0.25, 0.3) is 43.2 Å². The highest BCUT2D eigenvalue weighted by Gasteiger charge is 2.09. The predicted molar refractivity (Wildman–Crippen MR) is 99.0 cm³/mol. The number of aromatic nitrogens is 1. The summed E-state index contributed by atoms with van der Waals surface area (Å²) in [7, 11) is 0. The molecule has 0 aliphatic heterocycles. The number of aryl methyl sites for hydroxylation is 1. The van der Waals surface area contributed by atoms with Crippen molar-refractivity contribution in [3.05, 3.63) is 78.5 Å². The zero-order valence-electron chi connectivity index (χ0n) is 12.9. The summed E-state index contributed by atoms with van der Waals surface area (Å²) in [6.45, 7) is 2.09. The molecule has 4 aromatic carbocycles. The van der Waals surface area contributed by atoms with Crippen LogP contribution < -0.4 is 0 Å². The second kappa shape index (κ2) is 4.53. The maximum atomic E-state index is 4.77. The highest BCUT2D eigenvalue weighted by Crippen LogP contribution is 2.35. The van der Waals surface area contributed by atoms with Crippen LogP contribution in [-0.2, 0) is 0 Å². The van der Waals surface area contributed by atoms with Gasteiger partial charge in [0.05, 0.1) is 5.52 Å². The number of hydrogen-bond donors (Lipinski definition) is 0. The van der Waals surface area contributed by atoms with Gasteiger partial charge in [-0.25, -0.2) is 0 Å². The molecule has 1 heterocycles. The summed E-state index contributed by atoms with van der Waals surface area (Å²) in [5.74, 6) is 0. The van der Waals surface area contributed by atoms with Crippen LogP contribution in [0.5, 0.6) is 0 Å². The van der Waals surface area contributed by atoms with E-state index >= 15 is 0 Å². The zero-order chi connectivity index (χ0) is 15.4. The largest absolute Gasteiger partial charge is 0.255 e. The Morgan fingerprint density at radius 1 is 0.652 bits per heavy atom. The van der Waals surface area contributed by atoms with Gasteiger partial charge in [0.25, 0.3) is 0 Å². The van der Waals surface area contributed by atoms with Gasteiger partial charge >= 0.3 is 0 Å². The molecule has 0 bridgehead atoms. The number of benzene rings is 4. The van der Waals surface area contributed by atoms with Crippen molar-refractivity contribution in [3.8, 4) is 0 Å². The second-order valence-electron chi connectivity index (χ2n) is 6.20. The van der Waals surface area contributed by atoms with Crippen molar-refractivity contribution in [3.63, 3.8) is 0 Å². The number of fused-ring (bicyclic) bond motifs is 7. The molecule has 0 radical (unpaired) electrons. The molecular weight excluding hydrogens is 278 g/mol. The molecule has 5 rings (SSSR count). The molecule has 0 N–H and O–H groups in total. The Kier molecular flexibility index (Phi) is 2.48. The lowest BCUT2D eigenvalue weighted by Crippen LogP contribution is -1.86. The van der Waals surface area contributed by atoms with Crippen LogP contribution in [0.2, 0.25) is 0 Å². The molecule has 0 aliphatic carbocycles. The van der Waals surface area contributed by atoms with Crippen molar-refractivity contribution in [1.82, 2.24) is 4.98 Å². The van der Waals surface area contributed by atoms with E-state index in [2.05, 4.69) is 73.7 Å². The Balaban J connectivity index is 2.15. The monoisotopic (exact) mass is 293 g/mol. The molecule has 0 atom stereocenters. The summed E-state index contributed by atoms with van der Waals surface area (Å²) in [6, 6.07) is 24.0. The van der Waals surface area contributed by atoms with Crippen LogP contribution in [0, 0.1) is 6.92 Å². The number of nitrogens with zero attached hydrogens (tertiary/aromatic N) is 1. The van der Waals surface area contributed by atoms with Crippen molar-refractivity contribution >= 4 is 43.2 Å². The van der Waals surface area contributed by atoms with Gasteiger partial charge in [-0.15, -0.1) is 0 Å². The maximum absolute atomic E-state index is 4.77. The first-order valence-electron chi connectivity index (χ1n) is 7.91. The van der Waals surface area contributed by atoms with Crippen molar-refractivity contribution < 1.29 is 0 Å². The van der Waals surface area contributed by atoms with E-state index in [1.165, 1.54) is 43.3 Å². The second-order valence-corrected chi connectivity index (χ2v) is 6.20. The number of rotatable bonds is 0. The zero-order valence-corrected chi connectivity index (χ0v) is 12.9. The molecule has 0 aliphatic rings. The van der Waals surface area contributed by atoms with Gasteiger partial charge in [0, 0.05) is 17.0 Å². The third kappa shape index (κ3) is 1.77. The van der Waals surface area contributed by atoms with E-state index < -0.39 is 0 Å². The van der Waals surface area contributed by atoms with E-state index in [4.69, 9.17) is 4.98 Å². The van der Waals surface area contributed by atoms with Crippen molar-refractivity contribution in [2.24, 2.45) is 0 Å². The van der Waals surface area contributed by atoms with E-state index in [9.17, 15) is 0 Å². The van der Waals surface area contributed by atoms with Crippen LogP contribution in [0.15, 0.2) is 72.9 Å². The van der Waals surface area contributed by atoms with Gasteiger partial charge in [-0.3, -0.25) is 4.98 Å². The minimum atomic E-state index is 1.09.